The molecule has 4 nitrogen and oxygen atoms in total. The van der Waals surface area contributed by atoms with E-state index in [1.54, 1.807) is 0 Å². The van der Waals surface area contributed by atoms with Crippen LogP contribution in [0.2, 0.25) is 0 Å². The fourth-order valence-corrected chi connectivity index (χ4v) is 4.44. The summed E-state index contributed by atoms with van der Waals surface area (Å²) in [7, 11) is 0. The zero-order chi connectivity index (χ0) is 20.4. The molecule has 2 aliphatic rings. The summed E-state index contributed by atoms with van der Waals surface area (Å²) < 4.78 is 0. The van der Waals surface area contributed by atoms with Crippen LogP contribution >= 0.6 is 0 Å². The molecule has 1 saturated heterocycles. The van der Waals surface area contributed by atoms with Gasteiger partial charge in [-0.2, -0.15) is 0 Å². The topological polar surface area (TPSA) is 44.7 Å². The number of amides is 1. The molecule has 5 rings (SSSR count). The largest absolute Gasteiger partial charge is 0.323 e. The lowest BCUT2D eigenvalue weighted by Crippen LogP contribution is -2.50. The molecule has 1 spiro atoms. The van der Waals surface area contributed by atoms with Gasteiger partial charge in [-0.05, 0) is 24.5 Å². The van der Waals surface area contributed by atoms with E-state index < -0.39 is 5.54 Å². The lowest BCUT2D eigenvalue weighted by atomic mass is 9.86. The number of carbonyl (C=O) groups is 1. The van der Waals surface area contributed by atoms with Crippen molar-refractivity contribution in [2.45, 2.75) is 24.9 Å². The highest BCUT2D eigenvalue weighted by atomic mass is 16.2. The van der Waals surface area contributed by atoms with Crippen LogP contribution in [0, 0.1) is 0 Å². The van der Waals surface area contributed by atoms with Gasteiger partial charge >= 0.3 is 0 Å². The van der Waals surface area contributed by atoms with Crippen LogP contribution in [0.3, 0.4) is 0 Å². The first-order chi connectivity index (χ1) is 14.7. The molecular formula is C26H25N3O. The predicted molar refractivity (Wildman–Crippen MR) is 121 cm³/mol. The molecule has 1 N–H and O–H groups in total. The molecule has 4 heteroatoms. The number of hydrogen-bond donors (Lipinski definition) is 1. The van der Waals surface area contributed by atoms with E-state index in [4.69, 9.17) is 4.99 Å². The summed E-state index contributed by atoms with van der Waals surface area (Å²) in [6.07, 6.45) is 1.44. The Morgan fingerprint density at radius 2 is 1.47 bits per heavy atom. The molecule has 3 aromatic rings. The zero-order valence-corrected chi connectivity index (χ0v) is 16.9. The average molecular weight is 396 g/mol. The third-order valence-corrected chi connectivity index (χ3v) is 6.16. The Balaban J connectivity index is 1.47. The van der Waals surface area contributed by atoms with Gasteiger partial charge in [0.05, 0.1) is 11.4 Å². The van der Waals surface area contributed by atoms with Crippen molar-refractivity contribution >= 4 is 17.3 Å². The molecule has 0 aliphatic carbocycles. The molecule has 1 amide bonds. The molecule has 0 aromatic heterocycles. The first-order valence-electron chi connectivity index (χ1n) is 10.6. The van der Waals surface area contributed by atoms with Gasteiger partial charge in [0.2, 0.25) is 0 Å². The van der Waals surface area contributed by atoms with Crippen molar-refractivity contribution in [3.8, 4) is 0 Å². The Morgan fingerprint density at radius 1 is 0.833 bits per heavy atom. The second-order valence-corrected chi connectivity index (χ2v) is 8.12. The van der Waals surface area contributed by atoms with Crippen LogP contribution in [-0.2, 0) is 11.3 Å². The number of hydrogen-bond acceptors (Lipinski definition) is 3. The Morgan fingerprint density at radius 3 is 2.20 bits per heavy atom. The SMILES string of the molecule is O=C1Nc2ccccc2C(c2ccccc2)=NC12CCN(Cc1ccccc1)CC2. The van der Waals surface area contributed by atoms with Crippen LogP contribution in [-0.4, -0.2) is 35.1 Å². The Hall–Kier alpha value is -3.24. The number of nitrogens with one attached hydrogen (secondary N) is 1. The third-order valence-electron chi connectivity index (χ3n) is 6.16. The van der Waals surface area contributed by atoms with Gasteiger partial charge < -0.3 is 5.32 Å². The average Bonchev–Trinajstić information content (AvgIpc) is 2.92. The van der Waals surface area contributed by atoms with Crippen LogP contribution in [0.25, 0.3) is 0 Å². The van der Waals surface area contributed by atoms with Crippen molar-refractivity contribution in [3.05, 3.63) is 102 Å². The van der Waals surface area contributed by atoms with Gasteiger partial charge in [0.15, 0.2) is 0 Å². The van der Waals surface area contributed by atoms with Crippen molar-refractivity contribution in [1.29, 1.82) is 0 Å². The number of likely N-dealkylation sites (tertiary alicyclic amines) is 1. The van der Waals surface area contributed by atoms with E-state index in [-0.39, 0.29) is 5.91 Å². The van der Waals surface area contributed by atoms with E-state index in [1.807, 2.05) is 48.5 Å². The van der Waals surface area contributed by atoms with Crippen molar-refractivity contribution < 1.29 is 4.79 Å². The smallest absolute Gasteiger partial charge is 0.252 e. The van der Waals surface area contributed by atoms with Crippen molar-refractivity contribution in [1.82, 2.24) is 4.90 Å². The van der Waals surface area contributed by atoms with E-state index in [1.165, 1.54) is 5.56 Å². The summed E-state index contributed by atoms with van der Waals surface area (Å²) in [5, 5.41) is 3.18. The highest BCUT2D eigenvalue weighted by Gasteiger charge is 2.43. The highest BCUT2D eigenvalue weighted by Crippen LogP contribution is 2.34. The maximum atomic E-state index is 13.4. The number of para-hydroxylation sites is 1. The summed E-state index contributed by atoms with van der Waals surface area (Å²) in [6.45, 7) is 2.61. The first kappa shape index (κ1) is 18.8. The molecule has 0 bridgehead atoms. The first-order valence-corrected chi connectivity index (χ1v) is 10.6. The second kappa shape index (κ2) is 7.88. The van der Waals surface area contributed by atoms with Crippen LogP contribution in [0.5, 0.6) is 0 Å². The van der Waals surface area contributed by atoms with Gasteiger partial charge in [-0.15, -0.1) is 0 Å². The number of piperidine rings is 1. The minimum absolute atomic E-state index is 0.0141. The van der Waals surface area contributed by atoms with Crippen LogP contribution in [0.15, 0.2) is 89.9 Å². The molecule has 2 heterocycles. The maximum Gasteiger partial charge on any atom is 0.252 e. The quantitative estimate of drug-likeness (QED) is 0.709. The number of carbonyl (C=O) groups excluding carboxylic acids is 1. The van der Waals surface area contributed by atoms with E-state index in [0.717, 1.165) is 55.0 Å². The van der Waals surface area contributed by atoms with Crippen molar-refractivity contribution in [2.24, 2.45) is 4.99 Å². The minimum Gasteiger partial charge on any atom is -0.323 e. The predicted octanol–water partition coefficient (Wildman–Crippen LogP) is 4.51. The maximum absolute atomic E-state index is 13.4. The molecular weight excluding hydrogens is 370 g/mol. The molecule has 0 atom stereocenters. The van der Waals surface area contributed by atoms with Crippen molar-refractivity contribution in [3.63, 3.8) is 0 Å². The number of anilines is 1. The number of rotatable bonds is 3. The van der Waals surface area contributed by atoms with E-state index in [9.17, 15) is 4.79 Å². The fourth-order valence-electron chi connectivity index (χ4n) is 4.44. The lowest BCUT2D eigenvalue weighted by molar-refractivity contribution is -0.122. The van der Waals surface area contributed by atoms with Gasteiger partial charge in [0.1, 0.15) is 5.54 Å². The van der Waals surface area contributed by atoms with Crippen LogP contribution in [0.1, 0.15) is 29.5 Å². The fraction of sp³-hybridized carbons (Fsp3) is 0.231. The number of benzene rings is 3. The Bertz CT molecular complexity index is 1070. The standard InChI is InChI=1S/C26H25N3O/c30-25-26(15-17-29(18-16-26)19-20-9-3-1-4-10-20)28-24(21-11-5-2-6-12-21)22-13-7-8-14-23(22)27-25/h1-14H,15-19H2,(H,27,30). The lowest BCUT2D eigenvalue weighted by Gasteiger charge is -2.37. The molecule has 0 saturated carbocycles. The number of aliphatic imine (C=N–C) groups is 1. The zero-order valence-electron chi connectivity index (χ0n) is 16.9. The molecule has 150 valence electrons. The van der Waals surface area contributed by atoms with E-state index in [0.29, 0.717) is 0 Å². The minimum atomic E-state index is -0.725. The van der Waals surface area contributed by atoms with Gasteiger partial charge in [0.25, 0.3) is 5.91 Å². The summed E-state index contributed by atoms with van der Waals surface area (Å²) in [4.78, 5) is 21.0. The molecule has 0 radical (unpaired) electrons. The molecule has 0 unspecified atom stereocenters. The summed E-state index contributed by atoms with van der Waals surface area (Å²) in [5.41, 5.74) is 4.36. The molecule has 3 aromatic carbocycles. The van der Waals surface area contributed by atoms with Gasteiger partial charge in [-0.1, -0.05) is 78.9 Å². The highest BCUT2D eigenvalue weighted by molar-refractivity contribution is 6.20. The molecule has 2 aliphatic heterocycles. The van der Waals surface area contributed by atoms with Crippen molar-refractivity contribution in [2.75, 3.05) is 18.4 Å². The Kier molecular flexibility index (Phi) is 4.93. The monoisotopic (exact) mass is 395 g/mol. The van der Waals surface area contributed by atoms with Gasteiger partial charge in [0, 0.05) is 30.8 Å². The third kappa shape index (κ3) is 3.55. The molecule has 30 heavy (non-hydrogen) atoms. The van der Waals surface area contributed by atoms with Gasteiger partial charge in [-0.3, -0.25) is 14.7 Å². The molecule has 1 fully saturated rings. The summed E-state index contributed by atoms with van der Waals surface area (Å²) >= 11 is 0. The summed E-state index contributed by atoms with van der Waals surface area (Å²) in [5.74, 6) is 0.0141. The van der Waals surface area contributed by atoms with E-state index >= 15 is 0 Å². The van der Waals surface area contributed by atoms with E-state index in [2.05, 4.69) is 46.6 Å². The Labute approximate surface area is 177 Å². The number of nitrogens with zero attached hydrogens (tertiary/aromatic N) is 2. The number of fused-ring (bicyclic) bond motifs is 1. The summed E-state index contributed by atoms with van der Waals surface area (Å²) in [6, 6.07) is 28.7. The second-order valence-electron chi connectivity index (χ2n) is 8.12. The van der Waals surface area contributed by atoms with Gasteiger partial charge in [-0.25, -0.2) is 0 Å². The normalized spacial score (nSPS) is 18.3. The van der Waals surface area contributed by atoms with Crippen LogP contribution < -0.4 is 5.32 Å². The van der Waals surface area contributed by atoms with Crippen LogP contribution in [0.4, 0.5) is 5.69 Å².